The Morgan fingerprint density at radius 1 is 1.16 bits per heavy atom. The van der Waals surface area contributed by atoms with E-state index >= 15 is 0 Å². The van der Waals surface area contributed by atoms with Crippen molar-refractivity contribution in [3.05, 3.63) is 29.8 Å². The molecule has 0 N–H and O–H groups in total. The highest BCUT2D eigenvalue weighted by Crippen LogP contribution is 2.26. The Hall–Kier alpha value is -1.57. The van der Waals surface area contributed by atoms with Crippen LogP contribution in [0.2, 0.25) is 0 Å². The maximum atomic E-state index is 9.19. The molecule has 0 radical (unpaired) electrons. The summed E-state index contributed by atoms with van der Waals surface area (Å²) in [6, 6.07) is 10.8. The van der Waals surface area contributed by atoms with Crippen molar-refractivity contribution in [2.24, 2.45) is 0 Å². The van der Waals surface area contributed by atoms with Crippen LogP contribution in [0.1, 0.15) is 12.0 Å². The molecule has 2 saturated heterocycles. The van der Waals surface area contributed by atoms with Crippen LogP contribution in [0, 0.1) is 11.3 Å². The van der Waals surface area contributed by atoms with Crippen molar-refractivity contribution in [1.29, 1.82) is 5.26 Å². The highest BCUT2D eigenvalue weighted by molar-refractivity contribution is 5.59. The summed E-state index contributed by atoms with van der Waals surface area (Å²) < 4.78 is 5.41. The Balaban J connectivity index is 1.70. The molecule has 2 heterocycles. The minimum atomic E-state index is 0.607. The molecule has 100 valence electrons. The van der Waals surface area contributed by atoms with Gasteiger partial charge in [0, 0.05) is 32.2 Å². The van der Waals surface area contributed by atoms with Crippen LogP contribution in [-0.4, -0.2) is 50.3 Å². The minimum Gasteiger partial charge on any atom is -0.379 e. The first-order valence-corrected chi connectivity index (χ1v) is 6.94. The number of benzene rings is 1. The molecular formula is C15H19N3O. The van der Waals surface area contributed by atoms with Crippen LogP contribution in [0.25, 0.3) is 0 Å². The molecule has 1 aromatic carbocycles. The molecular weight excluding hydrogens is 238 g/mol. The number of morpholine rings is 1. The number of hydrogen-bond acceptors (Lipinski definition) is 4. The van der Waals surface area contributed by atoms with Gasteiger partial charge in [0.05, 0.1) is 24.5 Å². The highest BCUT2D eigenvalue weighted by atomic mass is 16.5. The van der Waals surface area contributed by atoms with Crippen molar-refractivity contribution in [3.63, 3.8) is 0 Å². The first kappa shape index (κ1) is 12.5. The van der Waals surface area contributed by atoms with E-state index in [1.54, 1.807) is 0 Å². The highest BCUT2D eigenvalue weighted by Gasteiger charge is 2.29. The number of hydrogen-bond donors (Lipinski definition) is 0. The van der Waals surface area contributed by atoms with Crippen LogP contribution in [0.5, 0.6) is 0 Å². The molecule has 4 nitrogen and oxygen atoms in total. The summed E-state index contributed by atoms with van der Waals surface area (Å²) >= 11 is 0. The van der Waals surface area contributed by atoms with Gasteiger partial charge in [-0.1, -0.05) is 12.1 Å². The van der Waals surface area contributed by atoms with Crippen LogP contribution < -0.4 is 4.90 Å². The fourth-order valence-electron chi connectivity index (χ4n) is 3.05. The van der Waals surface area contributed by atoms with Gasteiger partial charge in [-0.3, -0.25) is 4.90 Å². The van der Waals surface area contributed by atoms with Gasteiger partial charge < -0.3 is 9.64 Å². The van der Waals surface area contributed by atoms with E-state index < -0.39 is 0 Å². The largest absolute Gasteiger partial charge is 0.379 e. The summed E-state index contributed by atoms with van der Waals surface area (Å²) in [5.74, 6) is 0. The third-order valence-corrected chi connectivity index (χ3v) is 4.09. The van der Waals surface area contributed by atoms with E-state index in [-0.39, 0.29) is 0 Å². The smallest absolute Gasteiger partial charge is 0.101 e. The number of nitriles is 1. The number of rotatable bonds is 2. The molecule has 0 aromatic heterocycles. The van der Waals surface area contributed by atoms with Crippen molar-refractivity contribution < 1.29 is 4.74 Å². The van der Waals surface area contributed by atoms with Gasteiger partial charge in [0.25, 0.3) is 0 Å². The van der Waals surface area contributed by atoms with Gasteiger partial charge in [-0.05, 0) is 18.6 Å². The number of ether oxygens (including phenoxy) is 1. The van der Waals surface area contributed by atoms with Crippen LogP contribution >= 0.6 is 0 Å². The van der Waals surface area contributed by atoms with Crippen LogP contribution in [0.3, 0.4) is 0 Å². The second kappa shape index (κ2) is 5.60. The third-order valence-electron chi connectivity index (χ3n) is 4.09. The van der Waals surface area contributed by atoms with E-state index in [1.807, 2.05) is 18.2 Å². The van der Waals surface area contributed by atoms with Gasteiger partial charge in [0.2, 0.25) is 0 Å². The average molecular weight is 257 g/mol. The molecule has 19 heavy (non-hydrogen) atoms. The molecule has 2 aliphatic heterocycles. The van der Waals surface area contributed by atoms with Gasteiger partial charge in [0.1, 0.15) is 6.07 Å². The molecule has 2 fully saturated rings. The lowest BCUT2D eigenvalue weighted by atomic mass is 10.2. The van der Waals surface area contributed by atoms with E-state index in [9.17, 15) is 5.26 Å². The summed E-state index contributed by atoms with van der Waals surface area (Å²) in [5.41, 5.74) is 1.87. The molecule has 2 aliphatic rings. The Morgan fingerprint density at radius 3 is 2.74 bits per heavy atom. The molecule has 0 aliphatic carbocycles. The van der Waals surface area contributed by atoms with Crippen molar-refractivity contribution >= 4 is 5.69 Å². The van der Waals surface area contributed by atoms with Crippen LogP contribution in [0.15, 0.2) is 24.3 Å². The van der Waals surface area contributed by atoms with E-state index in [2.05, 4.69) is 21.9 Å². The van der Waals surface area contributed by atoms with Gasteiger partial charge in [0.15, 0.2) is 0 Å². The van der Waals surface area contributed by atoms with Crippen LogP contribution in [0.4, 0.5) is 5.69 Å². The lowest BCUT2D eigenvalue weighted by molar-refractivity contribution is 0.0209. The molecule has 0 bridgehead atoms. The lowest BCUT2D eigenvalue weighted by Gasteiger charge is -2.32. The van der Waals surface area contributed by atoms with Gasteiger partial charge in [-0.2, -0.15) is 5.26 Å². The fraction of sp³-hybridized carbons (Fsp3) is 0.533. The standard InChI is InChI=1S/C15H19N3O/c16-11-13-3-1-2-4-15(13)18-6-5-14(12-18)17-7-9-19-10-8-17/h1-4,14H,5-10,12H2. The minimum absolute atomic E-state index is 0.607. The lowest BCUT2D eigenvalue weighted by Crippen LogP contribution is -2.44. The van der Waals surface area contributed by atoms with E-state index in [0.717, 1.165) is 50.6 Å². The van der Waals surface area contributed by atoms with E-state index in [0.29, 0.717) is 6.04 Å². The molecule has 1 unspecified atom stereocenters. The molecule has 4 heteroatoms. The zero-order valence-corrected chi connectivity index (χ0v) is 11.1. The van der Waals surface area contributed by atoms with Crippen molar-refractivity contribution in [1.82, 2.24) is 4.90 Å². The normalized spacial score (nSPS) is 24.4. The summed E-state index contributed by atoms with van der Waals surface area (Å²) in [6.45, 7) is 5.85. The SMILES string of the molecule is N#Cc1ccccc1N1CCC(N2CCOCC2)C1. The maximum absolute atomic E-state index is 9.19. The third kappa shape index (κ3) is 2.58. The summed E-state index contributed by atoms with van der Waals surface area (Å²) in [6.07, 6.45) is 1.18. The Kier molecular flexibility index (Phi) is 3.67. The average Bonchev–Trinajstić information content (AvgIpc) is 2.98. The fourth-order valence-corrected chi connectivity index (χ4v) is 3.05. The molecule has 1 aromatic rings. The van der Waals surface area contributed by atoms with Crippen molar-refractivity contribution in [2.45, 2.75) is 12.5 Å². The maximum Gasteiger partial charge on any atom is 0.101 e. The first-order valence-electron chi connectivity index (χ1n) is 6.94. The number of anilines is 1. The number of nitrogens with zero attached hydrogens (tertiary/aromatic N) is 3. The van der Waals surface area contributed by atoms with Crippen molar-refractivity contribution in [2.75, 3.05) is 44.3 Å². The quantitative estimate of drug-likeness (QED) is 0.804. The van der Waals surface area contributed by atoms with Crippen molar-refractivity contribution in [3.8, 4) is 6.07 Å². The zero-order chi connectivity index (χ0) is 13.1. The monoisotopic (exact) mass is 257 g/mol. The summed E-state index contributed by atoms with van der Waals surface area (Å²) in [4.78, 5) is 4.87. The second-order valence-electron chi connectivity index (χ2n) is 5.17. The zero-order valence-electron chi connectivity index (χ0n) is 11.1. The number of para-hydroxylation sites is 1. The van der Waals surface area contributed by atoms with Gasteiger partial charge >= 0.3 is 0 Å². The molecule has 0 amide bonds. The van der Waals surface area contributed by atoms with E-state index in [1.165, 1.54) is 6.42 Å². The predicted octanol–water partition coefficient (Wildman–Crippen LogP) is 1.47. The molecule has 0 saturated carbocycles. The van der Waals surface area contributed by atoms with Gasteiger partial charge in [-0.15, -0.1) is 0 Å². The van der Waals surface area contributed by atoms with Crippen LogP contribution in [-0.2, 0) is 4.74 Å². The molecule has 1 atom stereocenters. The van der Waals surface area contributed by atoms with E-state index in [4.69, 9.17) is 4.74 Å². The first-order chi connectivity index (χ1) is 9.38. The summed E-state index contributed by atoms with van der Waals surface area (Å²) in [5, 5.41) is 9.19. The Labute approximate surface area is 114 Å². The molecule has 3 rings (SSSR count). The Bertz CT molecular complexity index is 477. The predicted molar refractivity (Wildman–Crippen MR) is 74.2 cm³/mol. The topological polar surface area (TPSA) is 39.5 Å². The second-order valence-corrected chi connectivity index (χ2v) is 5.17. The molecule has 0 spiro atoms. The Morgan fingerprint density at radius 2 is 1.95 bits per heavy atom. The van der Waals surface area contributed by atoms with Gasteiger partial charge in [-0.25, -0.2) is 0 Å². The summed E-state index contributed by atoms with van der Waals surface area (Å²) in [7, 11) is 0.